The topological polar surface area (TPSA) is 57.6 Å². The van der Waals surface area contributed by atoms with E-state index >= 15 is 0 Å². The third-order valence-electron chi connectivity index (χ3n) is 2.92. The summed E-state index contributed by atoms with van der Waals surface area (Å²) in [5.74, 6) is -0.0806. The average Bonchev–Trinajstić information content (AvgIpc) is 2.16. The lowest BCUT2D eigenvalue weighted by Gasteiger charge is -2.32. The van der Waals surface area contributed by atoms with Gasteiger partial charge in [-0.05, 0) is 24.7 Å². The van der Waals surface area contributed by atoms with E-state index in [4.69, 9.17) is 5.11 Å². The molecule has 1 unspecified atom stereocenters. The Morgan fingerprint density at radius 2 is 2.12 bits per heavy atom. The van der Waals surface area contributed by atoms with Crippen LogP contribution in [0.5, 0.6) is 0 Å². The molecule has 0 radical (unpaired) electrons. The average molecular weight is 227 g/mol. The van der Waals surface area contributed by atoms with Gasteiger partial charge in [-0.15, -0.1) is 0 Å². The van der Waals surface area contributed by atoms with Crippen LogP contribution in [0.25, 0.3) is 0 Å². The number of piperidine rings is 1. The monoisotopic (exact) mass is 227 g/mol. The second kappa shape index (κ2) is 5.87. The minimum atomic E-state index is -0.761. The van der Waals surface area contributed by atoms with Crippen LogP contribution < -0.4 is 0 Å². The van der Waals surface area contributed by atoms with Crippen LogP contribution in [0.3, 0.4) is 0 Å². The second-order valence-electron chi connectivity index (χ2n) is 5.04. The summed E-state index contributed by atoms with van der Waals surface area (Å²) in [6, 6.07) is 0. The highest BCUT2D eigenvalue weighted by atomic mass is 16.4. The normalized spacial score (nSPS) is 21.2. The van der Waals surface area contributed by atoms with Crippen molar-refractivity contribution in [3.05, 3.63) is 0 Å². The Bertz CT molecular complexity index is 263. The number of likely N-dealkylation sites (tertiary alicyclic amines) is 1. The predicted molar refractivity (Wildman–Crippen MR) is 61.0 cm³/mol. The van der Waals surface area contributed by atoms with Crippen molar-refractivity contribution < 1.29 is 14.7 Å². The molecule has 1 aliphatic heterocycles. The van der Waals surface area contributed by atoms with Crippen LogP contribution in [0.4, 0.5) is 0 Å². The van der Waals surface area contributed by atoms with Crippen LogP contribution in [0, 0.1) is 11.8 Å². The van der Waals surface area contributed by atoms with Gasteiger partial charge in [-0.25, -0.2) is 0 Å². The second-order valence-corrected chi connectivity index (χ2v) is 5.04. The Labute approximate surface area is 96.6 Å². The minimum Gasteiger partial charge on any atom is -0.481 e. The van der Waals surface area contributed by atoms with E-state index < -0.39 is 5.97 Å². The fraction of sp³-hybridized carbons (Fsp3) is 0.833. The van der Waals surface area contributed by atoms with E-state index in [1.54, 1.807) is 0 Å². The number of rotatable bonds is 4. The van der Waals surface area contributed by atoms with Gasteiger partial charge in [-0.3, -0.25) is 9.59 Å². The number of carboxylic acids is 1. The summed E-state index contributed by atoms with van der Waals surface area (Å²) in [5, 5.41) is 8.73. The summed E-state index contributed by atoms with van der Waals surface area (Å²) in [6.45, 7) is 5.46. The molecule has 0 aromatic heterocycles. The van der Waals surface area contributed by atoms with Crippen molar-refractivity contribution in [3.8, 4) is 0 Å². The molecule has 0 saturated carbocycles. The molecule has 1 N–H and O–H groups in total. The van der Waals surface area contributed by atoms with Crippen molar-refractivity contribution in [1.82, 2.24) is 4.90 Å². The van der Waals surface area contributed by atoms with Crippen LogP contribution in [-0.4, -0.2) is 35.0 Å². The summed E-state index contributed by atoms with van der Waals surface area (Å²) in [7, 11) is 0. The van der Waals surface area contributed by atoms with Gasteiger partial charge in [0.05, 0.1) is 0 Å². The molecule has 0 aromatic carbocycles. The molecular weight excluding hydrogens is 206 g/mol. The molecule has 4 nitrogen and oxygen atoms in total. The summed E-state index contributed by atoms with van der Waals surface area (Å²) >= 11 is 0. The highest BCUT2D eigenvalue weighted by Crippen LogP contribution is 2.20. The zero-order valence-electron chi connectivity index (χ0n) is 10.1. The predicted octanol–water partition coefficient (Wildman–Crippen LogP) is 1.75. The van der Waals surface area contributed by atoms with Crippen LogP contribution in [0.1, 0.15) is 39.5 Å². The van der Waals surface area contributed by atoms with E-state index in [9.17, 15) is 9.59 Å². The maximum atomic E-state index is 11.8. The molecule has 0 aromatic rings. The number of nitrogens with zero attached hydrogens (tertiary/aromatic N) is 1. The van der Waals surface area contributed by atoms with Gasteiger partial charge in [0.25, 0.3) is 0 Å². The van der Waals surface area contributed by atoms with Gasteiger partial charge < -0.3 is 10.0 Å². The fourth-order valence-electron chi connectivity index (χ4n) is 2.18. The van der Waals surface area contributed by atoms with Gasteiger partial charge in [0.1, 0.15) is 0 Å². The van der Waals surface area contributed by atoms with Gasteiger partial charge in [0, 0.05) is 25.9 Å². The zero-order valence-corrected chi connectivity index (χ0v) is 10.1. The number of amides is 1. The number of carbonyl (C=O) groups is 2. The van der Waals surface area contributed by atoms with Crippen molar-refractivity contribution in [2.24, 2.45) is 11.8 Å². The summed E-state index contributed by atoms with van der Waals surface area (Å²) in [4.78, 5) is 24.3. The van der Waals surface area contributed by atoms with Gasteiger partial charge in [-0.2, -0.15) is 0 Å². The lowest BCUT2D eigenvalue weighted by molar-refractivity contribution is -0.141. The third-order valence-corrected chi connectivity index (χ3v) is 2.92. The van der Waals surface area contributed by atoms with E-state index in [1.165, 1.54) is 0 Å². The minimum absolute atomic E-state index is 0.141. The first-order valence-corrected chi connectivity index (χ1v) is 5.98. The van der Waals surface area contributed by atoms with E-state index in [1.807, 2.05) is 18.7 Å². The number of aliphatic carboxylic acids is 1. The third kappa shape index (κ3) is 4.21. The molecule has 1 amide bonds. The van der Waals surface area contributed by atoms with Crippen LogP contribution in [-0.2, 0) is 9.59 Å². The molecule has 16 heavy (non-hydrogen) atoms. The Morgan fingerprint density at radius 3 is 2.69 bits per heavy atom. The first-order chi connectivity index (χ1) is 7.49. The van der Waals surface area contributed by atoms with E-state index in [0.717, 1.165) is 19.4 Å². The zero-order chi connectivity index (χ0) is 12.1. The lowest BCUT2D eigenvalue weighted by atomic mass is 9.94. The summed E-state index contributed by atoms with van der Waals surface area (Å²) in [5.41, 5.74) is 0. The first-order valence-electron chi connectivity index (χ1n) is 5.98. The molecule has 4 heteroatoms. The van der Waals surface area contributed by atoms with Gasteiger partial charge >= 0.3 is 5.97 Å². The standard InChI is InChI=1S/C12H21NO3/c1-9(2)6-11(14)13-5-3-4-10(8-13)7-12(15)16/h9-10H,3-8H2,1-2H3,(H,15,16). The number of hydrogen-bond donors (Lipinski definition) is 1. The van der Waals surface area contributed by atoms with Crippen molar-refractivity contribution in [2.45, 2.75) is 39.5 Å². The molecule has 1 aliphatic rings. The largest absolute Gasteiger partial charge is 0.481 e. The molecule has 0 aliphatic carbocycles. The van der Waals surface area contributed by atoms with Gasteiger partial charge in [-0.1, -0.05) is 13.8 Å². The SMILES string of the molecule is CC(C)CC(=O)N1CCCC(CC(=O)O)C1. The van der Waals surface area contributed by atoms with Crippen molar-refractivity contribution >= 4 is 11.9 Å². The number of carbonyl (C=O) groups excluding carboxylic acids is 1. The summed E-state index contributed by atoms with van der Waals surface area (Å²) in [6.07, 6.45) is 2.62. The van der Waals surface area contributed by atoms with Crippen molar-refractivity contribution in [3.63, 3.8) is 0 Å². The molecule has 92 valence electrons. The molecule has 0 spiro atoms. The molecule has 1 heterocycles. The van der Waals surface area contributed by atoms with Crippen LogP contribution >= 0.6 is 0 Å². The summed E-state index contributed by atoms with van der Waals surface area (Å²) < 4.78 is 0. The maximum absolute atomic E-state index is 11.8. The Balaban J connectivity index is 2.43. The smallest absolute Gasteiger partial charge is 0.303 e. The molecular formula is C12H21NO3. The fourth-order valence-corrected chi connectivity index (χ4v) is 2.18. The number of carboxylic acid groups (broad SMARTS) is 1. The van der Waals surface area contributed by atoms with Crippen molar-refractivity contribution in [2.75, 3.05) is 13.1 Å². The van der Waals surface area contributed by atoms with E-state index in [-0.39, 0.29) is 18.2 Å². The molecule has 1 saturated heterocycles. The number of hydrogen-bond acceptors (Lipinski definition) is 2. The Kier molecular flexibility index (Phi) is 4.77. The Hall–Kier alpha value is -1.06. The molecule has 1 rings (SSSR count). The first kappa shape index (κ1) is 13.0. The van der Waals surface area contributed by atoms with Gasteiger partial charge in [0.2, 0.25) is 5.91 Å². The van der Waals surface area contributed by atoms with E-state index in [0.29, 0.717) is 18.9 Å². The quantitative estimate of drug-likeness (QED) is 0.796. The maximum Gasteiger partial charge on any atom is 0.303 e. The van der Waals surface area contributed by atoms with Crippen LogP contribution in [0.2, 0.25) is 0 Å². The highest BCUT2D eigenvalue weighted by molar-refractivity contribution is 5.76. The highest BCUT2D eigenvalue weighted by Gasteiger charge is 2.25. The van der Waals surface area contributed by atoms with Crippen molar-refractivity contribution in [1.29, 1.82) is 0 Å². The lowest BCUT2D eigenvalue weighted by Crippen LogP contribution is -2.40. The molecule has 0 bridgehead atoms. The van der Waals surface area contributed by atoms with Crippen LogP contribution in [0.15, 0.2) is 0 Å². The Morgan fingerprint density at radius 1 is 1.44 bits per heavy atom. The molecule has 1 fully saturated rings. The molecule has 1 atom stereocenters. The van der Waals surface area contributed by atoms with E-state index in [2.05, 4.69) is 0 Å². The van der Waals surface area contributed by atoms with Gasteiger partial charge in [0.15, 0.2) is 0 Å².